The van der Waals surface area contributed by atoms with Gasteiger partial charge in [0.25, 0.3) is 5.69 Å². The number of benzene rings is 1. The molecule has 0 unspecified atom stereocenters. The highest BCUT2D eigenvalue weighted by atomic mass is 32.2. The smallest absolute Gasteiger partial charge is 0.297 e. The van der Waals surface area contributed by atoms with Crippen molar-refractivity contribution in [2.45, 2.75) is 0 Å². The third kappa shape index (κ3) is 2.64. The summed E-state index contributed by atoms with van der Waals surface area (Å²) in [5.74, 6) is 0.132. The Balaban J connectivity index is 3.53. The van der Waals surface area contributed by atoms with Gasteiger partial charge in [0.1, 0.15) is 5.75 Å². The van der Waals surface area contributed by atoms with Crippen LogP contribution >= 0.6 is 0 Å². The Bertz CT molecular complexity index is 540. The van der Waals surface area contributed by atoms with E-state index in [1.807, 2.05) is 0 Å². The van der Waals surface area contributed by atoms with Gasteiger partial charge in [-0.3, -0.25) is 14.4 Å². The van der Waals surface area contributed by atoms with Crippen molar-refractivity contribution in [3.8, 4) is 5.75 Å². The highest BCUT2D eigenvalue weighted by molar-refractivity contribution is 7.92. The Morgan fingerprint density at radius 2 is 2.00 bits per heavy atom. The van der Waals surface area contributed by atoms with Gasteiger partial charge < -0.3 is 4.74 Å². The minimum Gasteiger partial charge on any atom is -0.494 e. The summed E-state index contributed by atoms with van der Waals surface area (Å²) in [6.45, 7) is 0. The minimum atomic E-state index is -3.60. The molecule has 0 spiro atoms. The first-order valence-corrected chi connectivity index (χ1v) is 6.39. The number of sulfonamides is 1. The van der Waals surface area contributed by atoms with E-state index in [0.717, 1.165) is 10.6 Å². The molecule has 0 aromatic heterocycles. The van der Waals surface area contributed by atoms with E-state index in [9.17, 15) is 18.5 Å². The van der Waals surface area contributed by atoms with Crippen LogP contribution in [0.4, 0.5) is 11.4 Å². The van der Waals surface area contributed by atoms with Gasteiger partial charge in [-0.1, -0.05) is 6.07 Å². The average Bonchev–Trinajstić information content (AvgIpc) is 2.25. The van der Waals surface area contributed by atoms with Crippen molar-refractivity contribution < 1.29 is 18.1 Å². The number of hydrogen-bond acceptors (Lipinski definition) is 5. The van der Waals surface area contributed by atoms with Crippen LogP contribution < -0.4 is 9.04 Å². The molecule has 0 amide bonds. The van der Waals surface area contributed by atoms with Crippen LogP contribution in [0.3, 0.4) is 0 Å². The van der Waals surface area contributed by atoms with Gasteiger partial charge in [-0.05, 0) is 6.07 Å². The molecule has 0 aliphatic carbocycles. The number of rotatable bonds is 4. The summed E-state index contributed by atoms with van der Waals surface area (Å²) in [6.07, 6.45) is 0.961. The number of anilines is 1. The van der Waals surface area contributed by atoms with E-state index in [0.29, 0.717) is 0 Å². The van der Waals surface area contributed by atoms with Crippen LogP contribution in [-0.4, -0.2) is 33.8 Å². The van der Waals surface area contributed by atoms with Crippen LogP contribution in [0.1, 0.15) is 0 Å². The monoisotopic (exact) mass is 260 g/mol. The Morgan fingerprint density at radius 3 is 2.41 bits per heavy atom. The molecule has 1 rings (SSSR count). The summed E-state index contributed by atoms with van der Waals surface area (Å²) in [5, 5.41) is 10.8. The summed E-state index contributed by atoms with van der Waals surface area (Å²) in [6, 6.07) is 4.11. The zero-order valence-electron chi connectivity index (χ0n) is 9.58. The minimum absolute atomic E-state index is 0.0810. The number of hydrogen-bond donors (Lipinski definition) is 0. The molecule has 0 aliphatic heterocycles. The Morgan fingerprint density at radius 1 is 1.41 bits per heavy atom. The molecule has 0 bridgehead atoms. The highest BCUT2D eigenvalue weighted by Gasteiger charge is 2.26. The molecule has 0 aliphatic rings. The molecule has 0 saturated heterocycles. The van der Waals surface area contributed by atoms with E-state index >= 15 is 0 Å². The molecule has 17 heavy (non-hydrogen) atoms. The molecule has 0 saturated carbocycles. The van der Waals surface area contributed by atoms with Gasteiger partial charge in [-0.15, -0.1) is 0 Å². The normalized spacial score (nSPS) is 11.0. The van der Waals surface area contributed by atoms with Crippen molar-refractivity contribution >= 4 is 21.4 Å². The molecule has 8 heteroatoms. The molecule has 0 radical (unpaired) electrons. The van der Waals surface area contributed by atoms with E-state index in [-0.39, 0.29) is 17.1 Å². The van der Waals surface area contributed by atoms with Crippen molar-refractivity contribution in [1.29, 1.82) is 0 Å². The van der Waals surface area contributed by atoms with Crippen LogP contribution in [0.2, 0.25) is 0 Å². The zero-order chi connectivity index (χ0) is 13.2. The SMILES string of the molecule is COc1cccc([N+](=O)[O-])c1N(C)S(C)(=O)=O. The lowest BCUT2D eigenvalue weighted by atomic mass is 10.2. The molecule has 1 aromatic rings. The van der Waals surface area contributed by atoms with Crippen molar-refractivity contribution in [3.05, 3.63) is 28.3 Å². The predicted octanol–water partition coefficient (Wildman–Crippen LogP) is 0.999. The number of nitrogens with zero attached hydrogens (tertiary/aromatic N) is 2. The fraction of sp³-hybridized carbons (Fsp3) is 0.333. The second-order valence-corrected chi connectivity index (χ2v) is 5.33. The maximum atomic E-state index is 11.4. The molecule has 94 valence electrons. The topological polar surface area (TPSA) is 89.8 Å². The summed E-state index contributed by atoms with van der Waals surface area (Å²) in [5.41, 5.74) is -0.403. The van der Waals surface area contributed by atoms with Gasteiger partial charge in [0.05, 0.1) is 18.3 Å². The lowest BCUT2D eigenvalue weighted by Gasteiger charge is -2.18. The van der Waals surface area contributed by atoms with Crippen molar-refractivity contribution in [2.24, 2.45) is 0 Å². The van der Waals surface area contributed by atoms with Gasteiger partial charge in [0.2, 0.25) is 10.0 Å². The molecule has 7 nitrogen and oxygen atoms in total. The van der Waals surface area contributed by atoms with E-state index in [1.165, 1.54) is 32.4 Å². The molecule has 0 atom stereocenters. The third-order valence-corrected chi connectivity index (χ3v) is 3.38. The first-order valence-electron chi connectivity index (χ1n) is 4.54. The molecule has 0 heterocycles. The third-order valence-electron chi connectivity index (χ3n) is 2.21. The summed E-state index contributed by atoms with van der Waals surface area (Å²) < 4.78 is 28.6. The second-order valence-electron chi connectivity index (χ2n) is 3.32. The van der Waals surface area contributed by atoms with E-state index in [1.54, 1.807) is 0 Å². The summed E-state index contributed by atoms with van der Waals surface area (Å²) in [4.78, 5) is 10.2. The molecule has 1 aromatic carbocycles. The fourth-order valence-electron chi connectivity index (χ4n) is 1.31. The first-order chi connectivity index (χ1) is 7.79. The van der Waals surface area contributed by atoms with E-state index < -0.39 is 14.9 Å². The number of nitro benzene ring substituents is 1. The first kappa shape index (κ1) is 13.2. The largest absolute Gasteiger partial charge is 0.494 e. The molecular formula is C9H12N2O5S. The highest BCUT2D eigenvalue weighted by Crippen LogP contribution is 2.37. The number of ether oxygens (including phenoxy) is 1. The predicted molar refractivity (Wildman–Crippen MR) is 62.9 cm³/mol. The van der Waals surface area contributed by atoms with Crippen LogP contribution in [0, 0.1) is 10.1 Å². The molecular weight excluding hydrogens is 248 g/mol. The van der Waals surface area contributed by atoms with Gasteiger partial charge in [0.15, 0.2) is 5.69 Å². The van der Waals surface area contributed by atoms with Crippen LogP contribution in [-0.2, 0) is 10.0 Å². The second kappa shape index (κ2) is 4.58. The maximum Gasteiger partial charge on any atom is 0.297 e. The molecule has 0 N–H and O–H groups in total. The van der Waals surface area contributed by atoms with Crippen LogP contribution in [0.25, 0.3) is 0 Å². The van der Waals surface area contributed by atoms with Gasteiger partial charge in [-0.2, -0.15) is 0 Å². The fourth-order valence-corrected chi connectivity index (χ4v) is 1.82. The summed E-state index contributed by atoms with van der Waals surface area (Å²) in [7, 11) is -1.04. The molecule has 0 fully saturated rings. The van der Waals surface area contributed by atoms with Gasteiger partial charge >= 0.3 is 0 Å². The van der Waals surface area contributed by atoms with Crippen LogP contribution in [0.5, 0.6) is 5.75 Å². The Labute approximate surface area is 98.8 Å². The Kier molecular flexibility index (Phi) is 3.56. The number of nitro groups is 1. The van der Waals surface area contributed by atoms with Crippen molar-refractivity contribution in [2.75, 3.05) is 24.7 Å². The van der Waals surface area contributed by atoms with Gasteiger partial charge in [0, 0.05) is 13.1 Å². The number of para-hydroxylation sites is 1. The van der Waals surface area contributed by atoms with E-state index in [4.69, 9.17) is 4.74 Å². The standard InChI is InChI=1S/C9H12N2O5S/c1-10(17(3,14)15)9-7(11(12)13)5-4-6-8(9)16-2/h4-6H,1-3H3. The number of methoxy groups -OCH3 is 1. The zero-order valence-corrected chi connectivity index (χ0v) is 10.4. The van der Waals surface area contributed by atoms with Crippen LogP contribution in [0.15, 0.2) is 18.2 Å². The van der Waals surface area contributed by atoms with Crippen molar-refractivity contribution in [1.82, 2.24) is 0 Å². The quantitative estimate of drug-likeness (QED) is 0.595. The average molecular weight is 260 g/mol. The summed E-state index contributed by atoms with van der Waals surface area (Å²) >= 11 is 0. The van der Waals surface area contributed by atoms with Crippen molar-refractivity contribution in [3.63, 3.8) is 0 Å². The Hall–Kier alpha value is -1.83. The lowest BCUT2D eigenvalue weighted by Crippen LogP contribution is -2.26. The maximum absolute atomic E-state index is 11.4. The lowest BCUT2D eigenvalue weighted by molar-refractivity contribution is -0.384. The van der Waals surface area contributed by atoms with Gasteiger partial charge in [-0.25, -0.2) is 8.42 Å². The van der Waals surface area contributed by atoms with E-state index in [2.05, 4.69) is 0 Å².